The summed E-state index contributed by atoms with van der Waals surface area (Å²) in [6, 6.07) is 7.70. The minimum Gasteiger partial charge on any atom is -0.497 e. The van der Waals surface area contributed by atoms with Crippen LogP contribution in [0.25, 0.3) is 10.8 Å². The van der Waals surface area contributed by atoms with Gasteiger partial charge in [0.25, 0.3) is 0 Å². The van der Waals surface area contributed by atoms with Gasteiger partial charge >= 0.3 is 6.09 Å². The molecule has 0 unspecified atom stereocenters. The normalized spacial score (nSPS) is 14.8. The summed E-state index contributed by atoms with van der Waals surface area (Å²) in [5, 5.41) is 2.05. The highest BCUT2D eigenvalue weighted by Crippen LogP contribution is 2.27. The second-order valence-electron chi connectivity index (χ2n) is 4.42. The van der Waals surface area contributed by atoms with Crippen LogP contribution in [0.1, 0.15) is 5.69 Å². The Bertz CT molecular complexity index is 654. The third-order valence-corrected chi connectivity index (χ3v) is 3.25. The van der Waals surface area contributed by atoms with Crippen molar-refractivity contribution in [3.63, 3.8) is 0 Å². The number of hydrogen-bond donors (Lipinski definition) is 0. The summed E-state index contributed by atoms with van der Waals surface area (Å²) in [6.07, 6.45) is -0.339. The van der Waals surface area contributed by atoms with Crippen LogP contribution in [0.2, 0.25) is 0 Å². The average molecular weight is 258 g/mol. The van der Waals surface area contributed by atoms with Gasteiger partial charge in [-0.05, 0) is 36.6 Å². The molecular formula is C14H14N2O3. The Kier molecular flexibility index (Phi) is 2.74. The van der Waals surface area contributed by atoms with Crippen molar-refractivity contribution < 1.29 is 14.3 Å². The monoisotopic (exact) mass is 258 g/mol. The minimum atomic E-state index is -0.339. The summed E-state index contributed by atoms with van der Waals surface area (Å²) in [5.41, 5.74) is 0.884. The van der Waals surface area contributed by atoms with Gasteiger partial charge in [0.2, 0.25) is 0 Å². The van der Waals surface area contributed by atoms with E-state index in [9.17, 15) is 4.79 Å². The Morgan fingerprint density at radius 3 is 2.89 bits per heavy atom. The first kappa shape index (κ1) is 11.8. The lowest BCUT2D eigenvalue weighted by Crippen LogP contribution is -2.24. The Balaban J connectivity index is 2.14. The van der Waals surface area contributed by atoms with E-state index in [4.69, 9.17) is 9.47 Å². The molecule has 0 saturated carbocycles. The van der Waals surface area contributed by atoms with Gasteiger partial charge in [-0.25, -0.2) is 9.78 Å². The first-order valence-electron chi connectivity index (χ1n) is 6.09. The van der Waals surface area contributed by atoms with Crippen LogP contribution < -0.4 is 9.64 Å². The molecule has 5 nitrogen and oxygen atoms in total. The van der Waals surface area contributed by atoms with Crippen LogP contribution in [-0.2, 0) is 4.74 Å². The Morgan fingerprint density at radius 1 is 1.37 bits per heavy atom. The molecule has 19 heavy (non-hydrogen) atoms. The fourth-order valence-electron chi connectivity index (χ4n) is 2.26. The number of methoxy groups -OCH3 is 1. The van der Waals surface area contributed by atoms with E-state index in [0.717, 1.165) is 22.2 Å². The van der Waals surface area contributed by atoms with Gasteiger partial charge in [-0.3, -0.25) is 4.90 Å². The molecule has 2 aromatic rings. The third kappa shape index (κ3) is 1.97. The standard InChI is InChI=1S/C14H14N2O3/c1-9-12-4-3-11(18-2)7-10(12)8-13(15-9)16-5-6-19-14(16)17/h3-4,7-8H,5-6H2,1-2H3. The van der Waals surface area contributed by atoms with E-state index in [2.05, 4.69) is 4.98 Å². The molecule has 0 aliphatic carbocycles. The zero-order chi connectivity index (χ0) is 13.4. The van der Waals surface area contributed by atoms with Gasteiger partial charge in [0.05, 0.1) is 13.7 Å². The topological polar surface area (TPSA) is 51.7 Å². The van der Waals surface area contributed by atoms with Crippen LogP contribution in [0, 0.1) is 6.92 Å². The summed E-state index contributed by atoms with van der Waals surface area (Å²) < 4.78 is 10.2. The zero-order valence-electron chi connectivity index (χ0n) is 10.8. The molecule has 1 fully saturated rings. The van der Waals surface area contributed by atoms with Gasteiger partial charge < -0.3 is 9.47 Å². The highest BCUT2D eigenvalue weighted by molar-refractivity contribution is 5.93. The fourth-order valence-corrected chi connectivity index (χ4v) is 2.26. The van der Waals surface area contributed by atoms with Crippen LogP contribution in [-0.4, -0.2) is 31.3 Å². The van der Waals surface area contributed by atoms with E-state index < -0.39 is 0 Å². The molecule has 0 atom stereocenters. The summed E-state index contributed by atoms with van der Waals surface area (Å²) in [6.45, 7) is 2.89. The Hall–Kier alpha value is -2.30. The fraction of sp³-hybridized carbons (Fsp3) is 0.286. The number of benzene rings is 1. The number of ether oxygens (including phenoxy) is 2. The van der Waals surface area contributed by atoms with Crippen LogP contribution >= 0.6 is 0 Å². The molecule has 0 bridgehead atoms. The minimum absolute atomic E-state index is 0.339. The molecule has 1 aliphatic heterocycles. The predicted molar refractivity (Wildman–Crippen MR) is 71.7 cm³/mol. The van der Waals surface area contributed by atoms with Crippen molar-refractivity contribution in [1.29, 1.82) is 0 Å². The second kappa shape index (κ2) is 4.42. The highest BCUT2D eigenvalue weighted by Gasteiger charge is 2.25. The van der Waals surface area contributed by atoms with Crippen molar-refractivity contribution in [2.45, 2.75) is 6.92 Å². The number of amides is 1. The average Bonchev–Trinajstić information content (AvgIpc) is 2.84. The largest absolute Gasteiger partial charge is 0.497 e. The SMILES string of the molecule is COc1ccc2c(C)nc(N3CCOC3=O)cc2c1. The van der Waals surface area contributed by atoms with Gasteiger partial charge in [-0.1, -0.05) is 0 Å². The maximum atomic E-state index is 11.6. The summed E-state index contributed by atoms with van der Waals surface area (Å²) in [5.74, 6) is 1.41. The van der Waals surface area contributed by atoms with E-state index in [0.29, 0.717) is 19.0 Å². The number of aryl methyl sites for hydroxylation is 1. The maximum absolute atomic E-state index is 11.6. The van der Waals surface area contributed by atoms with Crippen LogP contribution in [0.4, 0.5) is 10.6 Å². The Labute approximate surface area is 110 Å². The van der Waals surface area contributed by atoms with Gasteiger partial charge in [-0.15, -0.1) is 0 Å². The number of fused-ring (bicyclic) bond motifs is 1. The van der Waals surface area contributed by atoms with Crippen molar-refractivity contribution in [2.24, 2.45) is 0 Å². The quantitative estimate of drug-likeness (QED) is 0.830. The first-order valence-corrected chi connectivity index (χ1v) is 6.09. The lowest BCUT2D eigenvalue weighted by molar-refractivity contribution is 0.181. The van der Waals surface area contributed by atoms with Gasteiger partial charge in [0.1, 0.15) is 18.2 Å². The molecule has 2 heterocycles. The summed E-state index contributed by atoms with van der Waals surface area (Å²) >= 11 is 0. The second-order valence-corrected chi connectivity index (χ2v) is 4.42. The number of nitrogens with zero attached hydrogens (tertiary/aromatic N) is 2. The lowest BCUT2D eigenvalue weighted by atomic mass is 10.1. The summed E-state index contributed by atoms with van der Waals surface area (Å²) in [4.78, 5) is 17.6. The number of carbonyl (C=O) groups is 1. The number of cyclic esters (lactones) is 1. The molecule has 1 aliphatic rings. The van der Waals surface area contributed by atoms with Gasteiger partial charge in [-0.2, -0.15) is 0 Å². The van der Waals surface area contributed by atoms with Gasteiger partial charge in [0, 0.05) is 11.1 Å². The number of rotatable bonds is 2. The van der Waals surface area contributed by atoms with Gasteiger partial charge in [0.15, 0.2) is 0 Å². The van der Waals surface area contributed by atoms with E-state index in [-0.39, 0.29) is 6.09 Å². The molecule has 98 valence electrons. The number of pyridine rings is 1. The molecular weight excluding hydrogens is 244 g/mol. The van der Waals surface area contributed by atoms with E-state index in [1.165, 1.54) is 0 Å². The zero-order valence-corrected chi connectivity index (χ0v) is 10.8. The molecule has 1 saturated heterocycles. The van der Waals surface area contributed by atoms with Crippen LogP contribution in [0.15, 0.2) is 24.3 Å². The first-order chi connectivity index (χ1) is 9.19. The molecule has 1 aromatic heterocycles. The van der Waals surface area contributed by atoms with Crippen molar-refractivity contribution in [1.82, 2.24) is 4.98 Å². The van der Waals surface area contributed by atoms with E-state index in [1.807, 2.05) is 31.2 Å². The predicted octanol–water partition coefficient (Wildman–Crippen LogP) is 2.51. The Morgan fingerprint density at radius 2 is 2.21 bits per heavy atom. The van der Waals surface area contributed by atoms with Crippen molar-refractivity contribution >= 4 is 22.7 Å². The van der Waals surface area contributed by atoms with Crippen molar-refractivity contribution in [3.05, 3.63) is 30.0 Å². The summed E-state index contributed by atoms with van der Waals surface area (Å²) in [7, 11) is 1.63. The van der Waals surface area contributed by atoms with Crippen molar-refractivity contribution in [2.75, 3.05) is 25.2 Å². The highest BCUT2D eigenvalue weighted by atomic mass is 16.6. The van der Waals surface area contributed by atoms with Crippen molar-refractivity contribution in [3.8, 4) is 5.75 Å². The maximum Gasteiger partial charge on any atom is 0.415 e. The number of anilines is 1. The molecule has 0 radical (unpaired) electrons. The number of hydrogen-bond acceptors (Lipinski definition) is 4. The molecule has 0 N–H and O–H groups in total. The van der Waals surface area contributed by atoms with E-state index in [1.54, 1.807) is 12.0 Å². The number of aromatic nitrogens is 1. The molecule has 5 heteroatoms. The molecule has 3 rings (SSSR count). The van der Waals surface area contributed by atoms with E-state index >= 15 is 0 Å². The van der Waals surface area contributed by atoms with Crippen LogP contribution in [0.3, 0.4) is 0 Å². The molecule has 1 amide bonds. The third-order valence-electron chi connectivity index (χ3n) is 3.25. The number of carbonyl (C=O) groups excluding carboxylic acids is 1. The lowest BCUT2D eigenvalue weighted by Gasteiger charge is -2.14. The van der Waals surface area contributed by atoms with Crippen LogP contribution in [0.5, 0.6) is 5.75 Å². The smallest absolute Gasteiger partial charge is 0.415 e. The molecule has 0 spiro atoms. The molecule has 1 aromatic carbocycles.